The Bertz CT molecular complexity index is 140. The maximum atomic E-state index is 5.73. The van der Waals surface area contributed by atoms with Crippen LogP contribution in [-0.2, 0) is 9.47 Å². The zero-order valence-electron chi connectivity index (χ0n) is 7.81. The molecule has 1 fully saturated rings. The summed E-state index contributed by atoms with van der Waals surface area (Å²) in [6.45, 7) is 4.88. The second kappa shape index (κ2) is 4.45. The molecule has 0 aromatic rings. The minimum atomic E-state index is -0.325. The molecule has 0 bridgehead atoms. The van der Waals surface area contributed by atoms with E-state index >= 15 is 0 Å². The van der Waals surface area contributed by atoms with Crippen LogP contribution in [0.25, 0.3) is 0 Å². The average Bonchev–Trinajstić information content (AvgIpc) is 2.50. The zero-order chi connectivity index (χ0) is 9.03. The van der Waals surface area contributed by atoms with E-state index in [2.05, 4.69) is 13.8 Å². The molecule has 2 nitrogen and oxygen atoms in total. The fourth-order valence-corrected chi connectivity index (χ4v) is 1.72. The standard InChI is InChI=1S/C9H17ClO2/c1-3-5-9(4-2)11-7-8(6-10)12-9/h8H,3-7H2,1-2H3. The zero-order valence-corrected chi connectivity index (χ0v) is 8.56. The predicted molar refractivity (Wildman–Crippen MR) is 49.5 cm³/mol. The minimum Gasteiger partial charge on any atom is -0.347 e. The molecule has 0 aromatic heterocycles. The summed E-state index contributed by atoms with van der Waals surface area (Å²) in [5, 5.41) is 0. The molecule has 72 valence electrons. The van der Waals surface area contributed by atoms with Crippen molar-refractivity contribution in [3.8, 4) is 0 Å². The topological polar surface area (TPSA) is 18.5 Å². The SMILES string of the molecule is CCCC1(CC)OCC(CCl)O1. The van der Waals surface area contributed by atoms with Crippen molar-refractivity contribution >= 4 is 11.6 Å². The molecular formula is C9H17ClO2. The molecule has 0 N–H and O–H groups in total. The van der Waals surface area contributed by atoms with Crippen molar-refractivity contribution in [1.29, 1.82) is 0 Å². The lowest BCUT2D eigenvalue weighted by Gasteiger charge is -2.25. The van der Waals surface area contributed by atoms with Crippen molar-refractivity contribution in [2.24, 2.45) is 0 Å². The summed E-state index contributed by atoms with van der Waals surface area (Å²) < 4.78 is 11.4. The van der Waals surface area contributed by atoms with E-state index in [9.17, 15) is 0 Å². The van der Waals surface area contributed by atoms with Crippen LogP contribution >= 0.6 is 11.6 Å². The molecule has 1 heterocycles. The summed E-state index contributed by atoms with van der Waals surface area (Å²) in [4.78, 5) is 0. The Morgan fingerprint density at radius 2 is 2.25 bits per heavy atom. The quantitative estimate of drug-likeness (QED) is 0.638. The maximum Gasteiger partial charge on any atom is 0.168 e. The van der Waals surface area contributed by atoms with E-state index < -0.39 is 0 Å². The van der Waals surface area contributed by atoms with E-state index in [4.69, 9.17) is 21.1 Å². The van der Waals surface area contributed by atoms with E-state index in [0.29, 0.717) is 12.5 Å². The second-order valence-corrected chi connectivity index (χ2v) is 3.53. The van der Waals surface area contributed by atoms with Crippen LogP contribution in [0.3, 0.4) is 0 Å². The Labute approximate surface area is 79.2 Å². The lowest BCUT2D eigenvalue weighted by molar-refractivity contribution is -0.172. The van der Waals surface area contributed by atoms with Gasteiger partial charge >= 0.3 is 0 Å². The molecule has 0 saturated carbocycles. The van der Waals surface area contributed by atoms with Gasteiger partial charge in [0.15, 0.2) is 5.79 Å². The van der Waals surface area contributed by atoms with Gasteiger partial charge in [0, 0.05) is 6.42 Å². The molecule has 0 spiro atoms. The Kier molecular flexibility index (Phi) is 3.81. The molecule has 1 rings (SSSR count). The normalized spacial score (nSPS) is 35.8. The molecule has 2 atom stereocenters. The van der Waals surface area contributed by atoms with Crippen LogP contribution < -0.4 is 0 Å². The van der Waals surface area contributed by atoms with Crippen LogP contribution in [-0.4, -0.2) is 24.4 Å². The molecule has 3 heteroatoms. The van der Waals surface area contributed by atoms with Gasteiger partial charge in [0.05, 0.1) is 18.6 Å². The second-order valence-electron chi connectivity index (χ2n) is 3.22. The van der Waals surface area contributed by atoms with Crippen molar-refractivity contribution < 1.29 is 9.47 Å². The van der Waals surface area contributed by atoms with Crippen LogP contribution in [0.5, 0.6) is 0 Å². The highest BCUT2D eigenvalue weighted by Gasteiger charge is 2.38. The van der Waals surface area contributed by atoms with Gasteiger partial charge in [0.2, 0.25) is 0 Å². The minimum absolute atomic E-state index is 0.0955. The number of rotatable bonds is 4. The summed E-state index contributed by atoms with van der Waals surface area (Å²) >= 11 is 5.69. The summed E-state index contributed by atoms with van der Waals surface area (Å²) in [7, 11) is 0. The summed E-state index contributed by atoms with van der Waals surface area (Å²) in [6.07, 6.45) is 3.06. The van der Waals surface area contributed by atoms with Crippen molar-refractivity contribution in [3.05, 3.63) is 0 Å². The monoisotopic (exact) mass is 192 g/mol. The number of ether oxygens (including phenoxy) is 2. The van der Waals surface area contributed by atoms with Gasteiger partial charge in [-0.2, -0.15) is 0 Å². The molecular weight excluding hydrogens is 176 g/mol. The Morgan fingerprint density at radius 1 is 1.50 bits per heavy atom. The van der Waals surface area contributed by atoms with Crippen molar-refractivity contribution in [3.63, 3.8) is 0 Å². The molecule has 1 saturated heterocycles. The lowest BCUT2D eigenvalue weighted by Crippen LogP contribution is -2.30. The number of hydrogen-bond donors (Lipinski definition) is 0. The van der Waals surface area contributed by atoms with Crippen LogP contribution in [0.4, 0.5) is 0 Å². The van der Waals surface area contributed by atoms with Crippen LogP contribution in [0, 0.1) is 0 Å². The Balaban J connectivity index is 2.47. The molecule has 1 aliphatic rings. The van der Waals surface area contributed by atoms with Gasteiger partial charge in [0.25, 0.3) is 0 Å². The predicted octanol–water partition coefficient (Wildman–Crippen LogP) is 2.55. The first-order chi connectivity index (χ1) is 5.76. The fourth-order valence-electron chi connectivity index (χ4n) is 1.57. The first-order valence-electron chi connectivity index (χ1n) is 4.64. The third-order valence-electron chi connectivity index (χ3n) is 2.26. The van der Waals surface area contributed by atoms with E-state index in [1.54, 1.807) is 0 Å². The number of halogens is 1. The van der Waals surface area contributed by atoms with Gasteiger partial charge in [0.1, 0.15) is 0 Å². The van der Waals surface area contributed by atoms with Crippen LogP contribution in [0.15, 0.2) is 0 Å². The Hall–Kier alpha value is 0.210. The molecule has 0 aliphatic carbocycles. The third-order valence-corrected chi connectivity index (χ3v) is 2.60. The summed E-state index contributed by atoms with van der Waals surface area (Å²) in [5.41, 5.74) is 0. The van der Waals surface area contributed by atoms with Gasteiger partial charge in [-0.15, -0.1) is 11.6 Å². The largest absolute Gasteiger partial charge is 0.347 e. The van der Waals surface area contributed by atoms with Crippen molar-refractivity contribution in [2.75, 3.05) is 12.5 Å². The van der Waals surface area contributed by atoms with Gasteiger partial charge in [-0.1, -0.05) is 20.3 Å². The Morgan fingerprint density at radius 3 is 2.67 bits per heavy atom. The molecule has 0 aromatic carbocycles. The molecule has 12 heavy (non-hydrogen) atoms. The van der Waals surface area contributed by atoms with Crippen LogP contribution in [0.1, 0.15) is 33.1 Å². The number of hydrogen-bond acceptors (Lipinski definition) is 2. The van der Waals surface area contributed by atoms with Gasteiger partial charge in [-0.05, 0) is 6.42 Å². The fraction of sp³-hybridized carbons (Fsp3) is 1.00. The van der Waals surface area contributed by atoms with Gasteiger partial charge < -0.3 is 9.47 Å². The van der Waals surface area contributed by atoms with Crippen molar-refractivity contribution in [1.82, 2.24) is 0 Å². The molecule has 0 amide bonds. The van der Waals surface area contributed by atoms with E-state index in [1.807, 2.05) is 0 Å². The molecule has 1 aliphatic heterocycles. The van der Waals surface area contributed by atoms with Crippen molar-refractivity contribution in [2.45, 2.75) is 45.0 Å². The van der Waals surface area contributed by atoms with Crippen LogP contribution in [0.2, 0.25) is 0 Å². The first kappa shape index (κ1) is 10.3. The van der Waals surface area contributed by atoms with Gasteiger partial charge in [-0.3, -0.25) is 0 Å². The lowest BCUT2D eigenvalue weighted by atomic mass is 10.1. The highest BCUT2D eigenvalue weighted by Crippen LogP contribution is 2.31. The van der Waals surface area contributed by atoms with E-state index in [0.717, 1.165) is 19.3 Å². The van der Waals surface area contributed by atoms with Gasteiger partial charge in [-0.25, -0.2) is 0 Å². The number of alkyl halides is 1. The van der Waals surface area contributed by atoms with E-state index in [-0.39, 0.29) is 11.9 Å². The average molecular weight is 193 g/mol. The van der Waals surface area contributed by atoms with E-state index in [1.165, 1.54) is 0 Å². The highest BCUT2D eigenvalue weighted by atomic mass is 35.5. The summed E-state index contributed by atoms with van der Waals surface area (Å²) in [6, 6.07) is 0. The smallest absolute Gasteiger partial charge is 0.168 e. The highest BCUT2D eigenvalue weighted by molar-refractivity contribution is 6.18. The third kappa shape index (κ3) is 2.12. The first-order valence-corrected chi connectivity index (χ1v) is 5.17. The molecule has 0 radical (unpaired) electrons. The summed E-state index contributed by atoms with van der Waals surface area (Å²) in [5.74, 6) is 0.208. The molecule has 2 unspecified atom stereocenters. The maximum absolute atomic E-state index is 5.73.